The third-order valence-corrected chi connectivity index (χ3v) is 8.23. The van der Waals surface area contributed by atoms with Crippen molar-refractivity contribution in [2.75, 3.05) is 25.3 Å². The Balaban J connectivity index is 1.39. The third-order valence-electron chi connectivity index (χ3n) is 6.23. The highest BCUT2D eigenvalue weighted by molar-refractivity contribution is 7.99. The molecule has 0 radical (unpaired) electrons. The maximum atomic E-state index is 12.0. The van der Waals surface area contributed by atoms with Crippen LogP contribution in [-0.4, -0.2) is 64.9 Å². The fraction of sp³-hybridized carbons (Fsp3) is 0.304. The maximum absolute atomic E-state index is 12.0. The molecule has 2 aliphatic rings. The van der Waals surface area contributed by atoms with Crippen LogP contribution in [0.3, 0.4) is 0 Å². The zero-order valence-electron chi connectivity index (χ0n) is 19.7. The fourth-order valence-corrected chi connectivity index (χ4v) is 5.86. The minimum Gasteiger partial charge on any atom is -0.454 e. The van der Waals surface area contributed by atoms with E-state index in [4.69, 9.17) is 24.6 Å². The van der Waals surface area contributed by atoms with Crippen LogP contribution in [0.15, 0.2) is 50.2 Å². The molecule has 0 bridgehead atoms. The molecule has 1 fully saturated rings. The lowest BCUT2D eigenvalue weighted by Gasteiger charge is -2.11. The van der Waals surface area contributed by atoms with Gasteiger partial charge >= 0.3 is 0 Å². The lowest BCUT2D eigenvalue weighted by Crippen LogP contribution is -2.05. The summed E-state index contributed by atoms with van der Waals surface area (Å²) in [7, 11) is -3.52. The Morgan fingerprint density at radius 1 is 1.22 bits per heavy atom. The molecule has 1 atom stereocenters. The van der Waals surface area contributed by atoms with Gasteiger partial charge in [0.2, 0.25) is 28.1 Å². The normalized spacial score (nSPS) is 16.5. The first kappa shape index (κ1) is 23.6. The quantitative estimate of drug-likeness (QED) is 0.245. The van der Waals surface area contributed by atoms with Gasteiger partial charge in [0.25, 0.3) is 0 Å². The first-order valence-electron chi connectivity index (χ1n) is 11.4. The van der Waals surface area contributed by atoms with Crippen molar-refractivity contribution in [3.63, 3.8) is 0 Å². The van der Waals surface area contributed by atoms with Gasteiger partial charge in [-0.1, -0.05) is 11.8 Å². The second kappa shape index (κ2) is 8.95. The van der Waals surface area contributed by atoms with E-state index in [0.29, 0.717) is 45.7 Å². The van der Waals surface area contributed by atoms with Crippen LogP contribution >= 0.6 is 11.8 Å². The van der Waals surface area contributed by atoms with Crippen molar-refractivity contribution in [3.8, 4) is 22.8 Å². The lowest BCUT2D eigenvalue weighted by molar-refractivity contribution is -0.113. The van der Waals surface area contributed by atoms with Crippen molar-refractivity contribution < 1.29 is 27.1 Å². The zero-order valence-corrected chi connectivity index (χ0v) is 21.3. The van der Waals surface area contributed by atoms with Crippen LogP contribution in [0, 0.1) is 0 Å². The topological polar surface area (TPSA) is 155 Å². The summed E-state index contributed by atoms with van der Waals surface area (Å²) in [6.07, 6.45) is 5.04. The molecule has 0 spiro atoms. The van der Waals surface area contributed by atoms with Crippen LogP contribution in [0.25, 0.3) is 22.5 Å². The Morgan fingerprint density at radius 3 is 2.76 bits per heavy atom. The largest absolute Gasteiger partial charge is 0.454 e. The summed E-state index contributed by atoms with van der Waals surface area (Å²) in [5, 5.41) is 0.496. The molecule has 12 nitrogen and oxygen atoms in total. The summed E-state index contributed by atoms with van der Waals surface area (Å²) in [4.78, 5) is 26.6. The van der Waals surface area contributed by atoms with E-state index in [1.807, 2.05) is 10.6 Å². The predicted molar refractivity (Wildman–Crippen MR) is 133 cm³/mol. The molecule has 1 aromatic carbocycles. The Bertz CT molecular complexity index is 1630. The fourth-order valence-electron chi connectivity index (χ4n) is 4.24. The number of rotatable bonds is 9. The number of amides is 1. The molecule has 192 valence electrons. The Hall–Kier alpha value is -3.78. The average molecular weight is 543 g/mol. The molecule has 2 N–H and O–H groups in total. The third kappa shape index (κ3) is 4.46. The van der Waals surface area contributed by atoms with Crippen LogP contribution in [0.5, 0.6) is 11.5 Å². The molecular weight excluding hydrogens is 520 g/mol. The molecule has 1 amide bonds. The van der Waals surface area contributed by atoms with Gasteiger partial charge in [-0.15, -0.1) is 0 Å². The summed E-state index contributed by atoms with van der Waals surface area (Å²) in [5.41, 5.74) is 7.83. The van der Waals surface area contributed by atoms with E-state index in [2.05, 4.69) is 9.97 Å². The molecule has 37 heavy (non-hydrogen) atoms. The number of carbonyl (C=O) groups excluding carboxylic acids is 1. The molecular formula is C23H22N6O6S2. The molecule has 14 heteroatoms. The van der Waals surface area contributed by atoms with Crippen molar-refractivity contribution in [3.05, 3.63) is 30.6 Å². The number of sulfone groups is 1. The van der Waals surface area contributed by atoms with Crippen LogP contribution in [-0.2, 0) is 21.2 Å². The minimum absolute atomic E-state index is 0.0826. The number of benzene rings is 1. The van der Waals surface area contributed by atoms with Crippen molar-refractivity contribution >= 4 is 45.0 Å². The first-order chi connectivity index (χ1) is 17.8. The number of anilines is 1. The standard InChI is InChI=1S/C23H22N6O6S2/c1-37(31,32)19-5-4-15(35-19)14-7-16-17(34-12-33-16)8-18(14)36-23-27-20-21(24)25-10-26-22(20)29(23)6-2-3-13-9-28(13)11-30/h4-5,7-8,10-11,13H,2-3,6,9,12H2,1H3,(H2,24,25,26). The summed E-state index contributed by atoms with van der Waals surface area (Å²) >= 11 is 1.35. The highest BCUT2D eigenvalue weighted by Gasteiger charge is 2.31. The van der Waals surface area contributed by atoms with Gasteiger partial charge in [-0.05, 0) is 37.1 Å². The maximum Gasteiger partial charge on any atom is 0.231 e. The number of aromatic nitrogens is 4. The second-order valence-corrected chi connectivity index (χ2v) is 11.7. The molecule has 4 aromatic rings. The van der Waals surface area contributed by atoms with Gasteiger partial charge in [0.1, 0.15) is 12.1 Å². The first-order valence-corrected chi connectivity index (χ1v) is 14.1. The molecule has 0 aliphatic carbocycles. The molecule has 0 saturated carbocycles. The van der Waals surface area contributed by atoms with Gasteiger partial charge < -0.3 is 29.1 Å². The van der Waals surface area contributed by atoms with Gasteiger partial charge in [0, 0.05) is 35.8 Å². The van der Waals surface area contributed by atoms with E-state index < -0.39 is 9.84 Å². The highest BCUT2D eigenvalue weighted by atomic mass is 32.2. The number of aryl methyl sites for hydroxylation is 1. The number of imidazole rings is 1. The van der Waals surface area contributed by atoms with Crippen molar-refractivity contribution in [2.24, 2.45) is 0 Å². The van der Waals surface area contributed by atoms with E-state index in [9.17, 15) is 13.2 Å². The number of hydrogen-bond acceptors (Lipinski definition) is 11. The minimum atomic E-state index is -3.52. The molecule has 1 saturated heterocycles. The number of hydrogen-bond donors (Lipinski definition) is 1. The Kier molecular flexibility index (Phi) is 5.71. The van der Waals surface area contributed by atoms with E-state index >= 15 is 0 Å². The summed E-state index contributed by atoms with van der Waals surface area (Å²) in [6.45, 7) is 1.47. The molecule has 3 aromatic heterocycles. The molecule has 6 rings (SSSR count). The van der Waals surface area contributed by atoms with E-state index in [-0.39, 0.29) is 23.7 Å². The van der Waals surface area contributed by atoms with E-state index in [1.165, 1.54) is 24.2 Å². The second-order valence-electron chi connectivity index (χ2n) is 8.77. The average Bonchev–Trinajstić information content (AvgIpc) is 3.21. The molecule has 5 heterocycles. The summed E-state index contributed by atoms with van der Waals surface area (Å²) in [5.74, 6) is 1.73. The smallest absolute Gasteiger partial charge is 0.231 e. The number of furan rings is 1. The van der Waals surface area contributed by atoms with Gasteiger partial charge in [0.05, 0.1) is 0 Å². The van der Waals surface area contributed by atoms with E-state index in [0.717, 1.165) is 36.9 Å². The number of nitrogens with two attached hydrogens (primary N) is 1. The number of nitrogens with zero attached hydrogens (tertiary/aromatic N) is 5. The van der Waals surface area contributed by atoms with Crippen molar-refractivity contribution in [2.45, 2.75) is 40.6 Å². The van der Waals surface area contributed by atoms with E-state index in [1.54, 1.807) is 17.0 Å². The summed E-state index contributed by atoms with van der Waals surface area (Å²) in [6, 6.07) is 6.88. The Labute approximate surface area is 215 Å². The van der Waals surface area contributed by atoms with Crippen LogP contribution < -0.4 is 15.2 Å². The molecule has 1 unspecified atom stereocenters. The van der Waals surface area contributed by atoms with Crippen LogP contribution in [0.2, 0.25) is 0 Å². The Morgan fingerprint density at radius 2 is 2.03 bits per heavy atom. The van der Waals surface area contributed by atoms with Gasteiger partial charge in [0.15, 0.2) is 33.6 Å². The van der Waals surface area contributed by atoms with Crippen molar-refractivity contribution in [1.82, 2.24) is 24.4 Å². The predicted octanol–water partition coefficient (Wildman–Crippen LogP) is 2.57. The highest BCUT2D eigenvalue weighted by Crippen LogP contribution is 2.45. The van der Waals surface area contributed by atoms with Gasteiger partial charge in [-0.25, -0.2) is 23.4 Å². The van der Waals surface area contributed by atoms with Gasteiger partial charge in [-0.2, -0.15) is 0 Å². The van der Waals surface area contributed by atoms with Crippen molar-refractivity contribution in [1.29, 1.82) is 0 Å². The molecule has 2 aliphatic heterocycles. The summed E-state index contributed by atoms with van der Waals surface area (Å²) < 4.78 is 42.8. The van der Waals surface area contributed by atoms with Crippen LogP contribution in [0.4, 0.5) is 5.82 Å². The SMILES string of the molecule is CS(=O)(=O)c1ccc(-c2cc3c(cc2Sc2nc4c(N)ncnc4n2CCCC2CN2C=O)OCO3)o1. The van der Waals surface area contributed by atoms with Crippen LogP contribution in [0.1, 0.15) is 12.8 Å². The zero-order chi connectivity index (χ0) is 25.7. The van der Waals surface area contributed by atoms with Gasteiger partial charge in [-0.3, -0.25) is 4.79 Å². The lowest BCUT2D eigenvalue weighted by atomic mass is 10.1. The number of fused-ring (bicyclic) bond motifs is 2. The number of carbonyl (C=O) groups is 1. The monoisotopic (exact) mass is 542 g/mol. The number of nitrogen functional groups attached to an aromatic ring is 1. The number of ether oxygens (including phenoxy) is 2.